The van der Waals surface area contributed by atoms with E-state index < -0.39 is 12.0 Å². The first-order valence-electron chi connectivity index (χ1n) is 8.41. The molecule has 1 atom stereocenters. The van der Waals surface area contributed by atoms with Gasteiger partial charge >= 0.3 is 0 Å². The molecule has 0 radical (unpaired) electrons. The summed E-state index contributed by atoms with van der Waals surface area (Å²) in [5, 5.41) is 9.16. The number of anilines is 1. The zero-order chi connectivity index (χ0) is 18.7. The molecule has 6 heteroatoms. The first-order chi connectivity index (χ1) is 12.5. The molecule has 0 aliphatic carbocycles. The van der Waals surface area contributed by atoms with Gasteiger partial charge in [-0.3, -0.25) is 9.59 Å². The van der Waals surface area contributed by atoms with Crippen LogP contribution in [0.2, 0.25) is 0 Å². The van der Waals surface area contributed by atoms with Crippen LogP contribution in [0.4, 0.5) is 5.69 Å². The average Bonchev–Trinajstić information content (AvgIpc) is 2.66. The highest BCUT2D eigenvalue weighted by atomic mass is 16.5. The van der Waals surface area contributed by atoms with E-state index in [1.54, 1.807) is 48.2 Å². The van der Waals surface area contributed by atoms with Crippen LogP contribution < -0.4 is 15.4 Å². The van der Waals surface area contributed by atoms with Crippen molar-refractivity contribution >= 4 is 17.5 Å². The number of hydrogen-bond donors (Lipinski definition) is 1. The van der Waals surface area contributed by atoms with Gasteiger partial charge in [-0.15, -0.1) is 0 Å². The molecule has 0 unspecified atom stereocenters. The van der Waals surface area contributed by atoms with Crippen molar-refractivity contribution < 1.29 is 14.3 Å². The van der Waals surface area contributed by atoms with Crippen molar-refractivity contribution in [1.29, 1.82) is 5.26 Å². The molecule has 26 heavy (non-hydrogen) atoms. The summed E-state index contributed by atoms with van der Waals surface area (Å²) in [6.07, 6.45) is 0.669. The van der Waals surface area contributed by atoms with Crippen molar-refractivity contribution in [3.8, 4) is 11.8 Å². The normalized spacial score (nSPS) is 14.1. The lowest BCUT2D eigenvalue weighted by atomic mass is 9.95. The number of carbonyl (C=O) groups is 2. The summed E-state index contributed by atoms with van der Waals surface area (Å²) in [6.45, 7) is 2.20. The molecule has 0 saturated heterocycles. The molecular formula is C20H19N3O3. The maximum Gasteiger partial charge on any atom is 0.267 e. The van der Waals surface area contributed by atoms with Gasteiger partial charge in [0.15, 0.2) is 6.10 Å². The Hall–Kier alpha value is -3.33. The maximum absolute atomic E-state index is 12.9. The number of nitrogens with two attached hydrogens (primary N) is 1. The Balaban J connectivity index is 1.87. The van der Waals surface area contributed by atoms with Crippen LogP contribution in [0, 0.1) is 11.3 Å². The smallest absolute Gasteiger partial charge is 0.267 e. The standard InChI is InChI=1S/C20H19N3O3/c1-13(26-18-10-3-2-6-14(18)12-21)20(25)23-11-5-8-15-16(19(22)24)7-4-9-17(15)23/h2-4,6-7,9-10,13H,5,8,11H2,1H3,(H2,22,24)/t13-/m0/s1. The Labute approximate surface area is 151 Å². The Bertz CT molecular complexity index is 901. The van der Waals surface area contributed by atoms with Gasteiger partial charge in [0.25, 0.3) is 5.91 Å². The SMILES string of the molecule is C[C@H](Oc1ccccc1C#N)C(=O)N1CCCc2c(C(N)=O)cccc21. The van der Waals surface area contributed by atoms with E-state index in [-0.39, 0.29) is 5.91 Å². The molecule has 3 rings (SSSR count). The molecule has 6 nitrogen and oxygen atoms in total. The lowest BCUT2D eigenvalue weighted by Crippen LogP contribution is -2.43. The first-order valence-corrected chi connectivity index (χ1v) is 8.41. The summed E-state index contributed by atoms with van der Waals surface area (Å²) < 4.78 is 5.74. The average molecular weight is 349 g/mol. The second-order valence-corrected chi connectivity index (χ2v) is 6.13. The Morgan fingerprint density at radius 3 is 2.73 bits per heavy atom. The molecule has 1 aliphatic rings. The summed E-state index contributed by atoms with van der Waals surface area (Å²) in [7, 11) is 0. The second-order valence-electron chi connectivity index (χ2n) is 6.13. The molecule has 1 aliphatic heterocycles. The third-order valence-corrected chi connectivity index (χ3v) is 4.44. The predicted octanol–water partition coefficient (Wildman–Crippen LogP) is 2.40. The van der Waals surface area contributed by atoms with E-state index in [0.29, 0.717) is 35.5 Å². The molecule has 2 aromatic carbocycles. The van der Waals surface area contributed by atoms with Crippen LogP contribution in [-0.2, 0) is 11.2 Å². The summed E-state index contributed by atoms with van der Waals surface area (Å²) in [5.41, 5.74) is 7.77. The quantitative estimate of drug-likeness (QED) is 0.916. The molecule has 2 aromatic rings. The molecule has 0 saturated carbocycles. The number of nitrogens with zero attached hydrogens (tertiary/aromatic N) is 2. The number of primary amides is 1. The molecular weight excluding hydrogens is 330 g/mol. The molecule has 0 bridgehead atoms. The van der Waals surface area contributed by atoms with Gasteiger partial charge in [0, 0.05) is 17.8 Å². The van der Waals surface area contributed by atoms with E-state index >= 15 is 0 Å². The Morgan fingerprint density at radius 2 is 2.00 bits per heavy atom. The number of nitriles is 1. The van der Waals surface area contributed by atoms with Crippen LogP contribution in [0.3, 0.4) is 0 Å². The summed E-state index contributed by atoms with van der Waals surface area (Å²) >= 11 is 0. The molecule has 2 N–H and O–H groups in total. The number of fused-ring (bicyclic) bond motifs is 1. The highest BCUT2D eigenvalue weighted by Gasteiger charge is 2.29. The van der Waals surface area contributed by atoms with Crippen LogP contribution in [0.15, 0.2) is 42.5 Å². The highest BCUT2D eigenvalue weighted by molar-refractivity contribution is 6.01. The lowest BCUT2D eigenvalue weighted by Gasteiger charge is -2.32. The van der Waals surface area contributed by atoms with Crippen molar-refractivity contribution in [2.75, 3.05) is 11.4 Å². The Morgan fingerprint density at radius 1 is 1.23 bits per heavy atom. The van der Waals surface area contributed by atoms with E-state index in [4.69, 9.17) is 15.7 Å². The van der Waals surface area contributed by atoms with E-state index in [1.165, 1.54) is 0 Å². The largest absolute Gasteiger partial charge is 0.479 e. The minimum absolute atomic E-state index is 0.222. The summed E-state index contributed by atoms with van der Waals surface area (Å²) in [4.78, 5) is 26.2. The van der Waals surface area contributed by atoms with Crippen molar-refractivity contribution in [3.05, 3.63) is 59.2 Å². The van der Waals surface area contributed by atoms with Crippen LogP contribution in [0.5, 0.6) is 5.75 Å². The van der Waals surface area contributed by atoms with Crippen LogP contribution in [-0.4, -0.2) is 24.5 Å². The number of ether oxygens (including phenoxy) is 1. The van der Waals surface area contributed by atoms with Crippen LogP contribution in [0.1, 0.15) is 34.8 Å². The van der Waals surface area contributed by atoms with Gasteiger partial charge in [0.1, 0.15) is 11.8 Å². The Kier molecular flexibility index (Phi) is 4.90. The van der Waals surface area contributed by atoms with E-state index in [2.05, 4.69) is 6.07 Å². The van der Waals surface area contributed by atoms with Gasteiger partial charge in [0.2, 0.25) is 5.91 Å². The number of para-hydroxylation sites is 1. The highest BCUT2D eigenvalue weighted by Crippen LogP contribution is 2.31. The number of rotatable bonds is 4. The van der Waals surface area contributed by atoms with Crippen molar-refractivity contribution in [2.24, 2.45) is 5.73 Å². The fourth-order valence-electron chi connectivity index (χ4n) is 3.21. The fraction of sp³-hybridized carbons (Fsp3) is 0.250. The van der Waals surface area contributed by atoms with E-state index in [1.807, 2.05) is 6.07 Å². The summed E-state index contributed by atoms with van der Waals surface area (Å²) in [6, 6.07) is 14.1. The molecule has 0 fully saturated rings. The second kappa shape index (κ2) is 7.28. The van der Waals surface area contributed by atoms with Crippen molar-refractivity contribution in [3.63, 3.8) is 0 Å². The number of carbonyl (C=O) groups excluding carboxylic acids is 2. The predicted molar refractivity (Wildman–Crippen MR) is 96.9 cm³/mol. The van der Waals surface area contributed by atoms with Crippen LogP contribution >= 0.6 is 0 Å². The summed E-state index contributed by atoms with van der Waals surface area (Å²) in [5.74, 6) is -0.345. The van der Waals surface area contributed by atoms with Crippen LogP contribution in [0.25, 0.3) is 0 Å². The van der Waals surface area contributed by atoms with E-state index in [0.717, 1.165) is 12.0 Å². The molecule has 0 aromatic heterocycles. The number of hydrogen-bond acceptors (Lipinski definition) is 4. The topological polar surface area (TPSA) is 96.4 Å². The van der Waals surface area contributed by atoms with Gasteiger partial charge in [-0.05, 0) is 49.6 Å². The maximum atomic E-state index is 12.9. The number of benzene rings is 2. The molecule has 0 spiro atoms. The lowest BCUT2D eigenvalue weighted by molar-refractivity contribution is -0.124. The minimum Gasteiger partial charge on any atom is -0.479 e. The molecule has 2 amide bonds. The van der Waals surface area contributed by atoms with Gasteiger partial charge < -0.3 is 15.4 Å². The van der Waals surface area contributed by atoms with Gasteiger partial charge in [0.05, 0.1) is 5.56 Å². The minimum atomic E-state index is -0.771. The van der Waals surface area contributed by atoms with Gasteiger partial charge in [-0.1, -0.05) is 18.2 Å². The third-order valence-electron chi connectivity index (χ3n) is 4.44. The monoisotopic (exact) mass is 349 g/mol. The van der Waals surface area contributed by atoms with Crippen molar-refractivity contribution in [1.82, 2.24) is 0 Å². The molecule has 132 valence electrons. The zero-order valence-corrected chi connectivity index (χ0v) is 14.4. The number of amides is 2. The van der Waals surface area contributed by atoms with Gasteiger partial charge in [-0.25, -0.2) is 0 Å². The molecule has 1 heterocycles. The third kappa shape index (κ3) is 3.24. The fourth-order valence-corrected chi connectivity index (χ4v) is 3.21. The van der Waals surface area contributed by atoms with E-state index in [9.17, 15) is 9.59 Å². The van der Waals surface area contributed by atoms with Gasteiger partial charge in [-0.2, -0.15) is 5.26 Å². The zero-order valence-electron chi connectivity index (χ0n) is 14.4. The van der Waals surface area contributed by atoms with Crippen molar-refractivity contribution in [2.45, 2.75) is 25.9 Å². The first kappa shape index (κ1) is 17.5.